The molecule has 0 radical (unpaired) electrons. The normalized spacial score (nSPS) is 10.3. The minimum absolute atomic E-state index is 0. The Labute approximate surface area is 163 Å². The Hall–Kier alpha value is -0.390. The van der Waals surface area contributed by atoms with Gasteiger partial charge < -0.3 is 14.5 Å². The predicted octanol–water partition coefficient (Wildman–Crippen LogP) is -7.56. The first-order chi connectivity index (χ1) is 8.79. The second-order valence-corrected chi connectivity index (χ2v) is 4.96. The van der Waals surface area contributed by atoms with Crippen LogP contribution in [0, 0.1) is 0 Å². The first-order valence-electron chi connectivity index (χ1n) is 4.89. The fraction of sp³-hybridized carbons (Fsp3) is 0. The molecule has 1 heterocycles. The summed E-state index contributed by atoms with van der Waals surface area (Å²) < 4.78 is 33.1. The second-order valence-electron chi connectivity index (χ2n) is 3.58. The van der Waals surface area contributed by atoms with E-state index in [9.17, 15) is 27.7 Å². The Morgan fingerprint density at radius 1 is 1.14 bits per heavy atom. The van der Waals surface area contributed by atoms with Crippen LogP contribution in [0.3, 0.4) is 0 Å². The molecule has 1 aromatic heterocycles. The van der Waals surface area contributed by atoms with E-state index in [0.717, 1.165) is 22.9 Å². The van der Waals surface area contributed by atoms with Gasteiger partial charge in [0, 0.05) is 6.07 Å². The number of nitrogens with one attached hydrogen (secondary N) is 1. The third-order valence-electron chi connectivity index (χ3n) is 2.32. The summed E-state index contributed by atoms with van der Waals surface area (Å²) in [5.74, 6) is -1.55. The van der Waals surface area contributed by atoms with E-state index in [4.69, 9.17) is 0 Å². The van der Waals surface area contributed by atoms with E-state index in [1.807, 2.05) is 0 Å². The number of H-pyrrole nitrogens is 1. The van der Waals surface area contributed by atoms with Crippen LogP contribution in [0.15, 0.2) is 40.0 Å². The van der Waals surface area contributed by atoms with Crippen LogP contribution < -0.4 is 69.8 Å². The molecule has 8 nitrogen and oxygen atoms in total. The van der Waals surface area contributed by atoms with Gasteiger partial charge in [0.1, 0.15) is 10.1 Å². The van der Waals surface area contributed by atoms with Crippen molar-refractivity contribution in [3.05, 3.63) is 46.4 Å². The van der Waals surface area contributed by atoms with Gasteiger partial charge in [-0.05, 0) is 24.3 Å². The van der Waals surface area contributed by atoms with Crippen LogP contribution in [-0.2, 0) is 10.1 Å². The number of rotatable bonds is 3. The molecule has 0 amide bonds. The first-order valence-corrected chi connectivity index (χ1v) is 6.29. The number of aromatic carboxylic acids is 1. The van der Waals surface area contributed by atoms with Gasteiger partial charge in [0.25, 0.3) is 5.56 Å². The van der Waals surface area contributed by atoms with Gasteiger partial charge in [0.2, 0.25) is 0 Å². The molecule has 1 N–H and O–H groups in total. The number of hydrogen-bond acceptors (Lipinski definition) is 6. The van der Waals surface area contributed by atoms with Crippen molar-refractivity contribution in [2.24, 2.45) is 0 Å². The molecular weight excluding hydrogens is 322 g/mol. The molecular formula is C10H6N2Na2O6S. The van der Waals surface area contributed by atoms with E-state index in [2.05, 4.69) is 5.10 Å². The summed E-state index contributed by atoms with van der Waals surface area (Å²) in [6.07, 6.45) is 0. The molecule has 0 aliphatic carbocycles. The summed E-state index contributed by atoms with van der Waals surface area (Å²) in [5.41, 5.74) is -0.882. The maximum absolute atomic E-state index is 11.5. The van der Waals surface area contributed by atoms with Crippen molar-refractivity contribution in [2.45, 2.75) is 4.90 Å². The van der Waals surface area contributed by atoms with Gasteiger partial charge in [-0.3, -0.25) is 9.89 Å². The van der Waals surface area contributed by atoms with Crippen LogP contribution in [0.5, 0.6) is 0 Å². The molecule has 0 saturated carbocycles. The van der Waals surface area contributed by atoms with Crippen molar-refractivity contribution in [1.82, 2.24) is 9.78 Å². The fourth-order valence-corrected chi connectivity index (χ4v) is 1.92. The van der Waals surface area contributed by atoms with Gasteiger partial charge in [-0.25, -0.2) is 13.1 Å². The van der Waals surface area contributed by atoms with E-state index in [1.54, 1.807) is 0 Å². The average Bonchev–Trinajstić information content (AvgIpc) is 2.70. The monoisotopic (exact) mass is 328 g/mol. The van der Waals surface area contributed by atoms with Crippen molar-refractivity contribution in [3.8, 4) is 5.69 Å². The van der Waals surface area contributed by atoms with E-state index in [0.29, 0.717) is 0 Å². The van der Waals surface area contributed by atoms with Gasteiger partial charge in [-0.15, -0.1) is 0 Å². The minimum Gasteiger partial charge on any atom is -0.744 e. The quantitative estimate of drug-likeness (QED) is 0.439. The largest absolute Gasteiger partial charge is 1.00 e. The van der Waals surface area contributed by atoms with Crippen LogP contribution in [-0.4, -0.2) is 28.7 Å². The zero-order chi connectivity index (χ0) is 14.2. The number of aromatic nitrogens is 2. The third kappa shape index (κ3) is 4.80. The Kier molecular flexibility index (Phi) is 7.60. The molecule has 2 aromatic rings. The van der Waals surface area contributed by atoms with Crippen molar-refractivity contribution in [3.63, 3.8) is 0 Å². The number of carboxylic acid groups (broad SMARTS) is 1. The van der Waals surface area contributed by atoms with E-state index in [1.165, 1.54) is 12.1 Å². The SMILES string of the molecule is O=C([O-])c1cc(=O)n(-c2ccc(S(=O)(=O)[O-])cc2)[nH]1.[Na+].[Na+]. The first kappa shape index (κ1) is 20.6. The van der Waals surface area contributed by atoms with Gasteiger partial charge in [0.15, 0.2) is 0 Å². The standard InChI is InChI=1S/C10H8N2O6S.2Na/c13-9-5-8(10(14)15)11-12(9)6-1-3-7(4-2-6)19(16,17)18;;/h1-5,11H,(H,14,15)(H,16,17,18);;/q;2*+1/p-2. The molecule has 100 valence electrons. The zero-order valence-corrected chi connectivity index (χ0v) is 16.0. The Morgan fingerprint density at radius 2 is 1.67 bits per heavy atom. The summed E-state index contributed by atoms with van der Waals surface area (Å²) in [6, 6.07) is 5.25. The van der Waals surface area contributed by atoms with Crippen LogP contribution in [0.4, 0.5) is 0 Å². The summed E-state index contributed by atoms with van der Waals surface area (Å²) in [6.45, 7) is 0. The maximum atomic E-state index is 11.5. The smallest absolute Gasteiger partial charge is 0.744 e. The van der Waals surface area contributed by atoms with Crippen LogP contribution in [0.25, 0.3) is 5.69 Å². The summed E-state index contributed by atoms with van der Waals surface area (Å²) >= 11 is 0. The van der Waals surface area contributed by atoms with Crippen LogP contribution in [0.2, 0.25) is 0 Å². The number of aromatic amines is 1. The number of carboxylic acids is 1. The third-order valence-corrected chi connectivity index (χ3v) is 3.17. The van der Waals surface area contributed by atoms with Gasteiger partial charge in [-0.1, -0.05) is 0 Å². The van der Waals surface area contributed by atoms with Crippen molar-refractivity contribution in [2.75, 3.05) is 0 Å². The van der Waals surface area contributed by atoms with Crippen LogP contribution >= 0.6 is 0 Å². The van der Waals surface area contributed by atoms with Crippen molar-refractivity contribution < 1.29 is 82.0 Å². The number of carbonyl (C=O) groups is 1. The molecule has 0 saturated heterocycles. The minimum atomic E-state index is -4.57. The summed E-state index contributed by atoms with van der Waals surface area (Å²) in [5, 5.41) is 12.8. The predicted molar refractivity (Wildman–Crippen MR) is 58.7 cm³/mol. The molecule has 0 atom stereocenters. The number of hydrogen-bond donors (Lipinski definition) is 1. The van der Waals surface area contributed by atoms with Crippen molar-refractivity contribution >= 4 is 16.1 Å². The van der Waals surface area contributed by atoms with Crippen molar-refractivity contribution in [1.29, 1.82) is 0 Å². The van der Waals surface area contributed by atoms with E-state index >= 15 is 0 Å². The molecule has 0 unspecified atom stereocenters. The molecule has 21 heavy (non-hydrogen) atoms. The average molecular weight is 328 g/mol. The van der Waals surface area contributed by atoms with E-state index < -0.39 is 32.2 Å². The van der Waals surface area contributed by atoms with Gasteiger partial charge in [0.05, 0.1) is 22.2 Å². The molecule has 2 rings (SSSR count). The number of carbonyl (C=O) groups excluding carboxylic acids is 1. The number of benzene rings is 1. The fourth-order valence-electron chi connectivity index (χ4n) is 1.45. The Bertz CT molecular complexity index is 794. The Balaban J connectivity index is 0.00000200. The molecule has 0 aliphatic heterocycles. The second kappa shape index (κ2) is 7.75. The Morgan fingerprint density at radius 3 is 2.05 bits per heavy atom. The molecule has 0 spiro atoms. The molecule has 0 bridgehead atoms. The maximum Gasteiger partial charge on any atom is 1.00 e. The van der Waals surface area contributed by atoms with Gasteiger partial charge >= 0.3 is 59.1 Å². The summed E-state index contributed by atoms with van der Waals surface area (Å²) in [7, 11) is -4.57. The molecule has 11 heteroatoms. The van der Waals surface area contributed by atoms with E-state index in [-0.39, 0.29) is 64.8 Å². The number of nitrogens with zero attached hydrogens (tertiary/aromatic N) is 1. The zero-order valence-electron chi connectivity index (χ0n) is 11.2. The molecule has 0 aliphatic rings. The van der Waals surface area contributed by atoms with Gasteiger partial charge in [-0.2, -0.15) is 0 Å². The topological polar surface area (TPSA) is 135 Å². The van der Waals surface area contributed by atoms with Crippen LogP contribution in [0.1, 0.15) is 10.5 Å². The summed E-state index contributed by atoms with van der Waals surface area (Å²) in [4.78, 5) is 21.6. The molecule has 1 aromatic carbocycles. The molecule has 0 fully saturated rings.